The maximum atomic E-state index is 5.68. The van der Waals surface area contributed by atoms with E-state index in [1.165, 1.54) is 6.42 Å². The number of rotatable bonds is 15. The van der Waals surface area contributed by atoms with E-state index >= 15 is 0 Å². The van der Waals surface area contributed by atoms with Crippen LogP contribution in [0.4, 0.5) is 0 Å². The fourth-order valence-corrected chi connectivity index (χ4v) is 2.69. The topological polar surface area (TPSA) is 27.7 Å². The lowest BCUT2D eigenvalue weighted by Gasteiger charge is -2.09. The molecule has 0 amide bonds. The van der Waals surface area contributed by atoms with Crippen LogP contribution in [0.5, 0.6) is 0 Å². The zero-order valence-electron chi connectivity index (χ0n) is 12.4. The van der Waals surface area contributed by atoms with Crippen molar-refractivity contribution in [3.63, 3.8) is 0 Å². The summed E-state index contributed by atoms with van der Waals surface area (Å²) in [5, 5.41) is 0.623. The summed E-state index contributed by atoms with van der Waals surface area (Å²) >= 11 is 7.59. The minimum Gasteiger partial charge on any atom is -0.379 e. The molecular weight excluding hydrogens is 284 g/mol. The van der Waals surface area contributed by atoms with Crippen LogP contribution in [0.1, 0.15) is 33.1 Å². The van der Waals surface area contributed by atoms with Crippen LogP contribution in [0.25, 0.3) is 0 Å². The minimum atomic E-state index is 0.623. The molecule has 0 saturated carbocycles. The number of unbranched alkanes of at least 4 members (excludes halogenated alkanes) is 1. The van der Waals surface area contributed by atoms with Crippen LogP contribution in [-0.4, -0.2) is 56.5 Å². The summed E-state index contributed by atoms with van der Waals surface area (Å²) in [6, 6.07) is 0. The zero-order valence-corrected chi connectivity index (χ0v) is 13.9. The Bertz CT molecular complexity index is 173. The Balaban J connectivity index is 2.99. The molecule has 0 N–H and O–H groups in total. The highest BCUT2D eigenvalue weighted by Gasteiger charge is 2.00. The lowest BCUT2D eigenvalue weighted by atomic mass is 10.4. The minimum absolute atomic E-state index is 0.623. The third-order valence-electron chi connectivity index (χ3n) is 2.53. The van der Waals surface area contributed by atoms with Gasteiger partial charge in [0.25, 0.3) is 0 Å². The molecule has 0 aliphatic carbocycles. The van der Waals surface area contributed by atoms with Gasteiger partial charge in [0.15, 0.2) is 0 Å². The van der Waals surface area contributed by atoms with Crippen LogP contribution in [0.15, 0.2) is 0 Å². The standard InChI is InChI=1S/C14H29ClO3S/c1-3-4-7-16-8-9-17-10-11-18-12-13-19-14(2)5-6-15/h14H,3-13H2,1-2H3. The number of thioether (sulfide) groups is 1. The van der Waals surface area contributed by atoms with Crippen molar-refractivity contribution in [3.05, 3.63) is 0 Å². The molecule has 5 heteroatoms. The van der Waals surface area contributed by atoms with Crippen molar-refractivity contribution in [1.29, 1.82) is 0 Å². The van der Waals surface area contributed by atoms with Crippen LogP contribution in [0, 0.1) is 0 Å². The molecule has 0 bridgehead atoms. The van der Waals surface area contributed by atoms with Crippen molar-refractivity contribution in [2.75, 3.05) is 51.3 Å². The first-order valence-corrected chi connectivity index (χ1v) is 8.80. The Labute approximate surface area is 127 Å². The molecule has 1 atom stereocenters. The third kappa shape index (κ3) is 16.5. The van der Waals surface area contributed by atoms with Crippen molar-refractivity contribution in [2.24, 2.45) is 0 Å². The van der Waals surface area contributed by atoms with Crippen molar-refractivity contribution in [2.45, 2.75) is 38.4 Å². The van der Waals surface area contributed by atoms with Gasteiger partial charge in [0.1, 0.15) is 0 Å². The molecule has 0 heterocycles. The molecule has 116 valence electrons. The van der Waals surface area contributed by atoms with E-state index in [-0.39, 0.29) is 0 Å². The Hall–Kier alpha value is 0.520. The van der Waals surface area contributed by atoms with Gasteiger partial charge in [-0.05, 0) is 12.8 Å². The van der Waals surface area contributed by atoms with Crippen molar-refractivity contribution < 1.29 is 14.2 Å². The third-order valence-corrected chi connectivity index (χ3v) is 3.96. The molecule has 0 radical (unpaired) electrons. The van der Waals surface area contributed by atoms with E-state index in [1.807, 2.05) is 11.8 Å². The molecule has 0 aliphatic rings. The Morgan fingerprint density at radius 1 is 0.947 bits per heavy atom. The molecule has 0 aromatic heterocycles. The molecule has 0 rings (SSSR count). The van der Waals surface area contributed by atoms with Crippen LogP contribution in [0.3, 0.4) is 0 Å². The van der Waals surface area contributed by atoms with Crippen LogP contribution in [0.2, 0.25) is 0 Å². The van der Waals surface area contributed by atoms with Crippen LogP contribution in [-0.2, 0) is 14.2 Å². The number of hydrogen-bond acceptors (Lipinski definition) is 4. The largest absolute Gasteiger partial charge is 0.379 e. The highest BCUT2D eigenvalue weighted by Crippen LogP contribution is 2.13. The SMILES string of the molecule is CCCCOCCOCCOCCSC(C)CCCl. The van der Waals surface area contributed by atoms with E-state index in [1.54, 1.807) is 0 Å². The van der Waals surface area contributed by atoms with E-state index in [0.29, 0.717) is 31.7 Å². The molecule has 19 heavy (non-hydrogen) atoms. The number of alkyl halides is 1. The van der Waals surface area contributed by atoms with E-state index in [2.05, 4.69) is 13.8 Å². The van der Waals surface area contributed by atoms with Gasteiger partial charge in [-0.3, -0.25) is 0 Å². The first-order chi connectivity index (χ1) is 9.31. The van der Waals surface area contributed by atoms with Gasteiger partial charge in [-0.2, -0.15) is 11.8 Å². The summed E-state index contributed by atoms with van der Waals surface area (Å²) in [5.41, 5.74) is 0. The Kier molecular flexibility index (Phi) is 17.0. The zero-order chi connectivity index (χ0) is 14.2. The summed E-state index contributed by atoms with van der Waals surface area (Å²) < 4.78 is 16.3. The monoisotopic (exact) mass is 312 g/mol. The summed E-state index contributed by atoms with van der Waals surface area (Å²) in [6.07, 6.45) is 3.37. The fourth-order valence-electron chi connectivity index (χ4n) is 1.33. The van der Waals surface area contributed by atoms with E-state index in [0.717, 1.165) is 37.7 Å². The average Bonchev–Trinajstić information content (AvgIpc) is 2.40. The highest BCUT2D eigenvalue weighted by atomic mass is 35.5. The lowest BCUT2D eigenvalue weighted by Crippen LogP contribution is -2.11. The van der Waals surface area contributed by atoms with E-state index in [9.17, 15) is 0 Å². The first-order valence-electron chi connectivity index (χ1n) is 7.22. The second-order valence-electron chi connectivity index (χ2n) is 4.35. The quantitative estimate of drug-likeness (QED) is 0.341. The predicted octanol–water partition coefficient (Wildman–Crippen LogP) is 3.59. The second-order valence-corrected chi connectivity index (χ2v) is 6.27. The lowest BCUT2D eigenvalue weighted by molar-refractivity contribution is 0.0169. The number of halogens is 1. The Morgan fingerprint density at radius 2 is 1.53 bits per heavy atom. The van der Waals surface area contributed by atoms with E-state index < -0.39 is 0 Å². The molecule has 0 fully saturated rings. The molecule has 3 nitrogen and oxygen atoms in total. The molecule has 0 saturated heterocycles. The fraction of sp³-hybridized carbons (Fsp3) is 1.00. The van der Waals surface area contributed by atoms with Gasteiger partial charge in [-0.1, -0.05) is 20.3 Å². The molecule has 0 aromatic carbocycles. The van der Waals surface area contributed by atoms with Gasteiger partial charge >= 0.3 is 0 Å². The van der Waals surface area contributed by atoms with Crippen molar-refractivity contribution in [3.8, 4) is 0 Å². The highest BCUT2D eigenvalue weighted by molar-refractivity contribution is 7.99. The normalized spacial score (nSPS) is 12.8. The summed E-state index contributed by atoms with van der Waals surface area (Å²) in [7, 11) is 0. The summed E-state index contributed by atoms with van der Waals surface area (Å²) in [5.74, 6) is 1.77. The van der Waals surface area contributed by atoms with Gasteiger partial charge in [0.05, 0.1) is 33.0 Å². The summed E-state index contributed by atoms with van der Waals surface area (Å²) in [4.78, 5) is 0. The van der Waals surface area contributed by atoms with Gasteiger partial charge in [0, 0.05) is 23.5 Å². The van der Waals surface area contributed by atoms with Crippen molar-refractivity contribution in [1.82, 2.24) is 0 Å². The second kappa shape index (κ2) is 16.6. The first kappa shape index (κ1) is 19.5. The van der Waals surface area contributed by atoms with Gasteiger partial charge < -0.3 is 14.2 Å². The van der Waals surface area contributed by atoms with E-state index in [4.69, 9.17) is 25.8 Å². The molecule has 0 spiro atoms. The van der Waals surface area contributed by atoms with Gasteiger partial charge in [0.2, 0.25) is 0 Å². The average molecular weight is 313 g/mol. The molecular formula is C14H29ClO3S. The molecule has 0 aromatic rings. The van der Waals surface area contributed by atoms with Gasteiger partial charge in [-0.25, -0.2) is 0 Å². The van der Waals surface area contributed by atoms with Crippen molar-refractivity contribution >= 4 is 23.4 Å². The number of ether oxygens (including phenoxy) is 3. The summed E-state index contributed by atoms with van der Waals surface area (Å²) in [6.45, 7) is 8.65. The maximum absolute atomic E-state index is 5.68. The van der Waals surface area contributed by atoms with Gasteiger partial charge in [-0.15, -0.1) is 11.6 Å². The maximum Gasteiger partial charge on any atom is 0.0701 e. The van der Waals surface area contributed by atoms with Crippen LogP contribution < -0.4 is 0 Å². The predicted molar refractivity (Wildman–Crippen MR) is 84.6 cm³/mol. The molecule has 1 unspecified atom stereocenters. The smallest absolute Gasteiger partial charge is 0.0701 e. The van der Waals surface area contributed by atoms with Crippen LogP contribution >= 0.6 is 23.4 Å². The molecule has 0 aliphatic heterocycles. The number of hydrogen-bond donors (Lipinski definition) is 0. The Morgan fingerprint density at radius 3 is 2.11 bits per heavy atom.